The van der Waals surface area contributed by atoms with Gasteiger partial charge in [0.1, 0.15) is 6.07 Å². The van der Waals surface area contributed by atoms with Gasteiger partial charge in [-0.05, 0) is 72.3 Å². The van der Waals surface area contributed by atoms with E-state index in [0.717, 1.165) is 82.8 Å². The zero-order valence-electron chi connectivity index (χ0n) is 29.5. The van der Waals surface area contributed by atoms with Crippen LogP contribution in [0.25, 0.3) is 93.6 Å². The molecule has 55 heavy (non-hydrogen) atoms. The molecule has 0 saturated heterocycles. The highest BCUT2D eigenvalue weighted by molar-refractivity contribution is 6.13. The Bertz CT molecular complexity index is 3420. The second-order valence-corrected chi connectivity index (χ2v) is 13.9. The molecule has 8 aromatic carbocycles. The Hall–Kier alpha value is -7.86. The Morgan fingerprint density at radius 2 is 0.873 bits per heavy atom. The van der Waals surface area contributed by atoms with Crippen LogP contribution in [0.3, 0.4) is 0 Å². The van der Waals surface area contributed by atoms with E-state index in [9.17, 15) is 10.5 Å². The molecule has 0 aliphatic rings. The van der Waals surface area contributed by atoms with Gasteiger partial charge >= 0.3 is 0 Å². The molecular formula is C50H29N5. The van der Waals surface area contributed by atoms with Gasteiger partial charge in [-0.3, -0.25) is 0 Å². The fourth-order valence-electron chi connectivity index (χ4n) is 8.83. The normalized spacial score (nSPS) is 11.6. The van der Waals surface area contributed by atoms with Gasteiger partial charge in [0.25, 0.3) is 0 Å². The minimum atomic E-state index is 0.575. The van der Waals surface area contributed by atoms with Crippen LogP contribution in [0.15, 0.2) is 176 Å². The zero-order valence-corrected chi connectivity index (χ0v) is 29.5. The lowest BCUT2D eigenvalue weighted by Crippen LogP contribution is -2.01. The van der Waals surface area contributed by atoms with Crippen molar-refractivity contribution in [2.45, 2.75) is 0 Å². The van der Waals surface area contributed by atoms with Gasteiger partial charge in [0.2, 0.25) is 0 Å². The van der Waals surface area contributed by atoms with Gasteiger partial charge < -0.3 is 13.7 Å². The third-order valence-corrected chi connectivity index (χ3v) is 11.1. The van der Waals surface area contributed by atoms with Crippen molar-refractivity contribution in [2.75, 3.05) is 0 Å². The summed E-state index contributed by atoms with van der Waals surface area (Å²) in [6.07, 6.45) is 0. The SMILES string of the molecule is N#Cc1cc(-c2ccccc2-n2c3ccccc3c3c(C#N)cccc32)ccc1-n1c2ccccc2c2ccc(-n3c4ccccc4c4ccccc43)cc21. The van der Waals surface area contributed by atoms with Gasteiger partial charge in [0.15, 0.2) is 0 Å². The lowest BCUT2D eigenvalue weighted by molar-refractivity contribution is 1.15. The molecule has 0 saturated carbocycles. The molecule has 3 heterocycles. The molecule has 0 aliphatic carbocycles. The summed E-state index contributed by atoms with van der Waals surface area (Å²) in [7, 11) is 0. The number of para-hydroxylation sites is 5. The fraction of sp³-hybridized carbons (Fsp3) is 0. The van der Waals surface area contributed by atoms with Crippen LogP contribution in [-0.2, 0) is 0 Å². The second-order valence-electron chi connectivity index (χ2n) is 13.9. The van der Waals surface area contributed by atoms with Crippen molar-refractivity contribution >= 4 is 65.4 Å². The maximum absolute atomic E-state index is 10.9. The van der Waals surface area contributed by atoms with Gasteiger partial charge in [-0.15, -0.1) is 0 Å². The average Bonchev–Trinajstić information content (AvgIpc) is 3.89. The molecule has 0 spiro atoms. The Morgan fingerprint density at radius 3 is 1.55 bits per heavy atom. The van der Waals surface area contributed by atoms with Gasteiger partial charge in [-0.1, -0.05) is 109 Å². The van der Waals surface area contributed by atoms with Crippen LogP contribution >= 0.6 is 0 Å². The van der Waals surface area contributed by atoms with E-state index in [-0.39, 0.29) is 0 Å². The molecule has 0 aliphatic heterocycles. The molecule has 0 amide bonds. The largest absolute Gasteiger partial charge is 0.309 e. The van der Waals surface area contributed by atoms with Crippen molar-refractivity contribution in [1.82, 2.24) is 13.7 Å². The average molecular weight is 700 g/mol. The van der Waals surface area contributed by atoms with Crippen molar-refractivity contribution in [3.63, 3.8) is 0 Å². The second kappa shape index (κ2) is 11.8. The number of rotatable bonds is 4. The third-order valence-electron chi connectivity index (χ3n) is 11.1. The van der Waals surface area contributed by atoms with Crippen LogP contribution in [0.5, 0.6) is 0 Å². The first-order chi connectivity index (χ1) is 27.2. The fourth-order valence-corrected chi connectivity index (χ4v) is 8.83. The first kappa shape index (κ1) is 30.7. The Morgan fingerprint density at radius 1 is 0.345 bits per heavy atom. The van der Waals surface area contributed by atoms with E-state index in [4.69, 9.17) is 0 Å². The first-order valence-corrected chi connectivity index (χ1v) is 18.3. The molecule has 254 valence electrons. The molecule has 0 N–H and O–H groups in total. The Kier molecular flexibility index (Phi) is 6.61. The summed E-state index contributed by atoms with van der Waals surface area (Å²) >= 11 is 0. The van der Waals surface area contributed by atoms with E-state index in [1.165, 1.54) is 10.8 Å². The predicted octanol–water partition coefficient (Wildman–Crippen LogP) is 12.4. The molecule has 3 aromatic heterocycles. The minimum absolute atomic E-state index is 0.575. The number of hydrogen-bond donors (Lipinski definition) is 0. The van der Waals surface area contributed by atoms with E-state index in [2.05, 4.69) is 159 Å². The molecule has 11 aromatic rings. The highest BCUT2D eigenvalue weighted by Gasteiger charge is 2.21. The van der Waals surface area contributed by atoms with Crippen LogP contribution in [0.2, 0.25) is 0 Å². The summed E-state index contributed by atoms with van der Waals surface area (Å²) in [4.78, 5) is 0. The molecule has 0 fully saturated rings. The van der Waals surface area contributed by atoms with Gasteiger partial charge in [0.05, 0.1) is 61.7 Å². The molecule has 0 radical (unpaired) electrons. The van der Waals surface area contributed by atoms with Crippen LogP contribution < -0.4 is 0 Å². The molecular weight excluding hydrogens is 671 g/mol. The molecule has 0 unspecified atom stereocenters. The van der Waals surface area contributed by atoms with Crippen molar-refractivity contribution in [3.8, 4) is 40.3 Å². The van der Waals surface area contributed by atoms with E-state index in [0.29, 0.717) is 11.1 Å². The summed E-state index contributed by atoms with van der Waals surface area (Å²) in [6.45, 7) is 0. The summed E-state index contributed by atoms with van der Waals surface area (Å²) in [5.74, 6) is 0. The number of nitrogens with zero attached hydrogens (tertiary/aromatic N) is 5. The van der Waals surface area contributed by atoms with E-state index in [1.807, 2.05) is 42.5 Å². The summed E-state index contributed by atoms with van der Waals surface area (Å²) in [5.41, 5.74) is 12.4. The van der Waals surface area contributed by atoms with E-state index in [1.54, 1.807) is 0 Å². The van der Waals surface area contributed by atoms with Crippen molar-refractivity contribution in [2.24, 2.45) is 0 Å². The molecule has 11 rings (SSSR count). The number of benzene rings is 8. The minimum Gasteiger partial charge on any atom is -0.309 e. The summed E-state index contributed by atoms with van der Waals surface area (Å²) < 4.78 is 6.82. The maximum atomic E-state index is 10.9. The first-order valence-electron chi connectivity index (χ1n) is 18.3. The number of aromatic nitrogens is 3. The van der Waals surface area contributed by atoms with Crippen LogP contribution in [-0.4, -0.2) is 13.7 Å². The predicted molar refractivity (Wildman–Crippen MR) is 224 cm³/mol. The van der Waals surface area contributed by atoms with Crippen LogP contribution in [0.4, 0.5) is 0 Å². The lowest BCUT2D eigenvalue weighted by atomic mass is 10.00. The van der Waals surface area contributed by atoms with E-state index >= 15 is 0 Å². The van der Waals surface area contributed by atoms with Crippen molar-refractivity contribution < 1.29 is 0 Å². The van der Waals surface area contributed by atoms with Crippen molar-refractivity contribution in [1.29, 1.82) is 10.5 Å². The smallest absolute Gasteiger partial charge is 0.101 e. The number of fused-ring (bicyclic) bond motifs is 9. The molecule has 5 nitrogen and oxygen atoms in total. The van der Waals surface area contributed by atoms with Crippen molar-refractivity contribution in [3.05, 3.63) is 187 Å². The van der Waals surface area contributed by atoms with Gasteiger partial charge in [-0.2, -0.15) is 10.5 Å². The van der Waals surface area contributed by atoms with Gasteiger partial charge in [0, 0.05) is 43.6 Å². The molecule has 0 atom stereocenters. The number of hydrogen-bond acceptors (Lipinski definition) is 2. The highest BCUT2D eigenvalue weighted by atomic mass is 15.0. The highest BCUT2D eigenvalue weighted by Crippen LogP contribution is 2.40. The Balaban J connectivity index is 1.13. The van der Waals surface area contributed by atoms with E-state index < -0.39 is 0 Å². The zero-order chi connectivity index (χ0) is 36.6. The lowest BCUT2D eigenvalue weighted by Gasteiger charge is -2.16. The summed E-state index contributed by atoms with van der Waals surface area (Å²) in [6, 6.07) is 65.9. The summed E-state index contributed by atoms with van der Waals surface area (Å²) in [5, 5.41) is 27.6. The standard InChI is InChI=1S/C50H29N5/c51-30-33-12-11-23-48-50(33)41-17-5-10-22-47(41)55(48)43-18-6-1-13-36(43)32-24-27-42(34(28-32)31-52)54-46-21-9-4-16-39(46)40-26-25-35(29-49(40)54)53-44-19-7-2-14-37(44)38-15-3-8-20-45(38)53/h1-29H. The van der Waals surface area contributed by atoms with Gasteiger partial charge in [-0.25, -0.2) is 0 Å². The van der Waals surface area contributed by atoms with Crippen LogP contribution in [0.1, 0.15) is 11.1 Å². The topological polar surface area (TPSA) is 62.4 Å². The van der Waals surface area contributed by atoms with Crippen LogP contribution in [0, 0.1) is 22.7 Å². The quantitative estimate of drug-likeness (QED) is 0.184. The molecule has 5 heteroatoms. The Labute approximate surface area is 316 Å². The maximum Gasteiger partial charge on any atom is 0.101 e. The monoisotopic (exact) mass is 699 g/mol. The third kappa shape index (κ3) is 4.39. The molecule has 0 bridgehead atoms. The number of nitriles is 2.